The van der Waals surface area contributed by atoms with Crippen LogP contribution in [0.2, 0.25) is 4.34 Å². The van der Waals surface area contributed by atoms with Crippen LogP contribution >= 0.6 is 46.9 Å². The van der Waals surface area contributed by atoms with Crippen LogP contribution in [0.15, 0.2) is 23.5 Å². The zero-order valence-electron chi connectivity index (χ0n) is 12.5. The number of thiophene rings is 1. The second kappa shape index (κ2) is 10.0. The van der Waals surface area contributed by atoms with E-state index in [1.807, 2.05) is 20.0 Å². The molecule has 0 aliphatic carbocycles. The smallest absolute Gasteiger partial charge is 0.191 e. The monoisotopic (exact) mass is 454 g/mol. The average molecular weight is 455 g/mol. The number of nitrogens with zero attached hydrogens (tertiary/aromatic N) is 4. The molecule has 0 amide bonds. The van der Waals surface area contributed by atoms with Crippen LogP contribution in [0, 0.1) is 0 Å². The highest BCUT2D eigenvalue weighted by Crippen LogP contribution is 2.21. The van der Waals surface area contributed by atoms with Crippen LogP contribution in [0.4, 0.5) is 0 Å². The number of aliphatic imine (C=N–C) groups is 1. The standard InChI is InChI=1S/C13H19ClN6S.HI/c1-3-15-13(17-8-12-18-9-19-20(12)2)16-7-6-10-4-5-11(14)21-10;/h4-5,9H,3,6-8H2,1-2H3,(H2,15,16,17);1H. The third kappa shape index (κ3) is 6.09. The number of hydrogen-bond acceptors (Lipinski definition) is 4. The van der Waals surface area contributed by atoms with E-state index in [2.05, 4.69) is 31.8 Å². The number of nitrogens with one attached hydrogen (secondary N) is 2. The lowest BCUT2D eigenvalue weighted by Gasteiger charge is -2.10. The van der Waals surface area contributed by atoms with E-state index in [-0.39, 0.29) is 24.0 Å². The number of aromatic nitrogens is 3. The molecule has 9 heteroatoms. The maximum atomic E-state index is 5.92. The molecule has 0 spiro atoms. The molecule has 0 radical (unpaired) electrons. The van der Waals surface area contributed by atoms with Crippen LogP contribution in [0.25, 0.3) is 0 Å². The lowest BCUT2D eigenvalue weighted by atomic mass is 10.3. The van der Waals surface area contributed by atoms with Crippen molar-refractivity contribution in [3.05, 3.63) is 33.5 Å². The number of aryl methyl sites for hydroxylation is 1. The lowest BCUT2D eigenvalue weighted by molar-refractivity contribution is 0.697. The molecule has 2 N–H and O–H groups in total. The van der Waals surface area contributed by atoms with E-state index in [1.54, 1.807) is 16.0 Å². The van der Waals surface area contributed by atoms with Crippen LogP contribution < -0.4 is 10.6 Å². The molecule has 0 aliphatic rings. The Balaban J connectivity index is 0.00000242. The van der Waals surface area contributed by atoms with Gasteiger partial charge in [0.1, 0.15) is 18.7 Å². The fourth-order valence-electron chi connectivity index (χ4n) is 1.75. The maximum Gasteiger partial charge on any atom is 0.191 e. The fourth-order valence-corrected chi connectivity index (χ4v) is 2.83. The first-order valence-electron chi connectivity index (χ1n) is 6.78. The Morgan fingerprint density at radius 1 is 1.41 bits per heavy atom. The molecule has 0 unspecified atom stereocenters. The summed E-state index contributed by atoms with van der Waals surface area (Å²) in [4.78, 5) is 9.92. The van der Waals surface area contributed by atoms with Crippen molar-refractivity contribution in [3.63, 3.8) is 0 Å². The first kappa shape index (κ1) is 19.2. The second-order valence-corrected chi connectivity index (χ2v) is 6.18. The van der Waals surface area contributed by atoms with Gasteiger partial charge in [0, 0.05) is 25.0 Å². The van der Waals surface area contributed by atoms with Gasteiger partial charge in [0.05, 0.1) is 4.34 Å². The molecule has 0 aliphatic heterocycles. The molecule has 2 aromatic heterocycles. The predicted molar refractivity (Wildman–Crippen MR) is 102 cm³/mol. The molecular formula is C13H20ClIN6S. The number of guanidine groups is 1. The minimum atomic E-state index is 0. The van der Waals surface area contributed by atoms with Gasteiger partial charge in [0.15, 0.2) is 5.96 Å². The van der Waals surface area contributed by atoms with E-state index in [0.717, 1.165) is 35.6 Å². The Morgan fingerprint density at radius 2 is 2.23 bits per heavy atom. The van der Waals surface area contributed by atoms with Crippen molar-refractivity contribution in [2.24, 2.45) is 12.0 Å². The van der Waals surface area contributed by atoms with Gasteiger partial charge in [-0.3, -0.25) is 4.68 Å². The highest BCUT2D eigenvalue weighted by atomic mass is 127. The molecule has 2 rings (SSSR count). The molecule has 0 bridgehead atoms. The Labute approximate surface area is 156 Å². The summed E-state index contributed by atoms with van der Waals surface area (Å²) in [5.74, 6) is 1.61. The van der Waals surface area contributed by atoms with E-state index in [1.165, 1.54) is 11.2 Å². The average Bonchev–Trinajstić information content (AvgIpc) is 3.05. The summed E-state index contributed by atoms with van der Waals surface area (Å²) in [6, 6.07) is 3.98. The van der Waals surface area contributed by atoms with Gasteiger partial charge in [-0.1, -0.05) is 11.6 Å². The first-order valence-corrected chi connectivity index (χ1v) is 7.97. The maximum absolute atomic E-state index is 5.92. The van der Waals surface area contributed by atoms with Gasteiger partial charge in [-0.25, -0.2) is 9.98 Å². The van der Waals surface area contributed by atoms with Crippen LogP contribution in [0.3, 0.4) is 0 Å². The van der Waals surface area contributed by atoms with Gasteiger partial charge in [0.25, 0.3) is 0 Å². The van der Waals surface area contributed by atoms with E-state index < -0.39 is 0 Å². The molecule has 0 aromatic carbocycles. The minimum absolute atomic E-state index is 0. The molecule has 0 saturated carbocycles. The normalized spacial score (nSPS) is 11.1. The SMILES string of the molecule is CCNC(=NCc1ncnn1C)NCCc1ccc(Cl)s1.I. The molecular weight excluding hydrogens is 435 g/mol. The number of hydrogen-bond donors (Lipinski definition) is 2. The Hall–Kier alpha value is -0.870. The topological polar surface area (TPSA) is 67.1 Å². The summed E-state index contributed by atoms with van der Waals surface area (Å²) in [6.07, 6.45) is 2.46. The van der Waals surface area contributed by atoms with Crippen molar-refractivity contribution in [2.75, 3.05) is 13.1 Å². The highest BCUT2D eigenvalue weighted by molar-refractivity contribution is 14.0. The molecule has 22 heavy (non-hydrogen) atoms. The van der Waals surface area contributed by atoms with Gasteiger partial charge in [-0.05, 0) is 25.5 Å². The van der Waals surface area contributed by atoms with Gasteiger partial charge >= 0.3 is 0 Å². The van der Waals surface area contributed by atoms with Gasteiger partial charge < -0.3 is 10.6 Å². The fraction of sp³-hybridized carbons (Fsp3) is 0.462. The summed E-state index contributed by atoms with van der Waals surface area (Å²) in [6.45, 7) is 4.16. The van der Waals surface area contributed by atoms with Crippen LogP contribution in [-0.2, 0) is 20.0 Å². The molecule has 6 nitrogen and oxygen atoms in total. The molecule has 0 atom stereocenters. The Bertz CT molecular complexity index is 597. The van der Waals surface area contributed by atoms with Crippen LogP contribution in [0.5, 0.6) is 0 Å². The van der Waals surface area contributed by atoms with Crippen molar-refractivity contribution in [1.82, 2.24) is 25.4 Å². The Kier molecular flexibility index (Phi) is 8.72. The molecule has 2 heterocycles. The summed E-state index contributed by atoms with van der Waals surface area (Å²) >= 11 is 7.53. The van der Waals surface area contributed by atoms with E-state index in [0.29, 0.717) is 6.54 Å². The van der Waals surface area contributed by atoms with Crippen molar-refractivity contribution in [3.8, 4) is 0 Å². The zero-order valence-corrected chi connectivity index (χ0v) is 16.4. The summed E-state index contributed by atoms with van der Waals surface area (Å²) in [5.41, 5.74) is 0. The third-order valence-electron chi connectivity index (χ3n) is 2.82. The van der Waals surface area contributed by atoms with Crippen molar-refractivity contribution in [1.29, 1.82) is 0 Å². The quantitative estimate of drug-likeness (QED) is 0.400. The van der Waals surface area contributed by atoms with E-state index in [9.17, 15) is 0 Å². The zero-order chi connectivity index (χ0) is 15.1. The minimum Gasteiger partial charge on any atom is -0.357 e. The summed E-state index contributed by atoms with van der Waals surface area (Å²) in [7, 11) is 1.86. The molecule has 0 fully saturated rings. The first-order chi connectivity index (χ1) is 10.2. The number of halogens is 2. The van der Waals surface area contributed by atoms with Gasteiger partial charge in [-0.2, -0.15) is 5.10 Å². The Morgan fingerprint density at radius 3 is 2.82 bits per heavy atom. The van der Waals surface area contributed by atoms with E-state index >= 15 is 0 Å². The second-order valence-electron chi connectivity index (χ2n) is 4.38. The largest absolute Gasteiger partial charge is 0.357 e. The predicted octanol–water partition coefficient (Wildman–Crippen LogP) is 2.45. The van der Waals surface area contributed by atoms with Crippen molar-refractivity contribution in [2.45, 2.75) is 19.9 Å². The van der Waals surface area contributed by atoms with Gasteiger partial charge in [-0.15, -0.1) is 35.3 Å². The molecule has 0 saturated heterocycles. The summed E-state index contributed by atoms with van der Waals surface area (Å²) < 4.78 is 2.55. The van der Waals surface area contributed by atoms with Crippen LogP contribution in [0.1, 0.15) is 17.6 Å². The van der Waals surface area contributed by atoms with Crippen molar-refractivity contribution >= 4 is 52.9 Å². The number of rotatable bonds is 6. The van der Waals surface area contributed by atoms with E-state index in [4.69, 9.17) is 11.6 Å². The van der Waals surface area contributed by atoms with Gasteiger partial charge in [0.2, 0.25) is 0 Å². The van der Waals surface area contributed by atoms with Crippen LogP contribution in [-0.4, -0.2) is 33.8 Å². The lowest BCUT2D eigenvalue weighted by Crippen LogP contribution is -2.38. The summed E-state index contributed by atoms with van der Waals surface area (Å²) in [5, 5.41) is 10.5. The highest BCUT2D eigenvalue weighted by Gasteiger charge is 2.02. The molecule has 2 aromatic rings. The van der Waals surface area contributed by atoms with Crippen molar-refractivity contribution < 1.29 is 0 Å². The third-order valence-corrected chi connectivity index (χ3v) is 4.11. The molecule has 122 valence electrons.